The van der Waals surface area contributed by atoms with Gasteiger partial charge in [-0.05, 0) is 40.5 Å². The van der Waals surface area contributed by atoms with E-state index in [9.17, 15) is 8.42 Å². The van der Waals surface area contributed by atoms with Crippen molar-refractivity contribution in [3.8, 4) is 0 Å². The number of halogens is 1. The molecule has 0 saturated carbocycles. The number of nitrogens with one attached hydrogen (secondary N) is 1. The van der Waals surface area contributed by atoms with Gasteiger partial charge in [-0.3, -0.25) is 9.71 Å². The van der Waals surface area contributed by atoms with E-state index in [2.05, 4.69) is 25.6 Å². The van der Waals surface area contributed by atoms with Crippen molar-refractivity contribution in [2.24, 2.45) is 0 Å². The van der Waals surface area contributed by atoms with Gasteiger partial charge in [-0.2, -0.15) is 0 Å². The van der Waals surface area contributed by atoms with E-state index in [-0.39, 0.29) is 4.90 Å². The van der Waals surface area contributed by atoms with Gasteiger partial charge in [-0.15, -0.1) is 0 Å². The molecule has 0 saturated heterocycles. The summed E-state index contributed by atoms with van der Waals surface area (Å²) in [7, 11) is -3.70. The van der Waals surface area contributed by atoms with E-state index in [1.165, 1.54) is 18.5 Å². The lowest BCUT2D eigenvalue weighted by Gasteiger charge is -2.12. The maximum absolute atomic E-state index is 12.2. The Labute approximate surface area is 120 Å². The van der Waals surface area contributed by atoms with Gasteiger partial charge in [-0.25, -0.2) is 8.42 Å². The highest BCUT2D eigenvalue weighted by atomic mass is 79.9. The summed E-state index contributed by atoms with van der Waals surface area (Å²) in [6.07, 6.45) is 2.79. The fourth-order valence-corrected chi connectivity index (χ4v) is 3.23. The average molecular weight is 342 g/mol. The first-order chi connectivity index (χ1) is 8.90. The summed E-state index contributed by atoms with van der Waals surface area (Å²) in [5.41, 5.74) is 7.31. The molecular formula is C12H12BrN3O2S. The molecule has 0 aliphatic carbocycles. The van der Waals surface area contributed by atoms with Crippen molar-refractivity contribution in [1.82, 2.24) is 4.98 Å². The quantitative estimate of drug-likeness (QED) is 0.840. The maximum atomic E-state index is 12.2. The molecule has 0 amide bonds. The van der Waals surface area contributed by atoms with E-state index >= 15 is 0 Å². The number of nitrogens with two attached hydrogens (primary N) is 1. The molecule has 0 spiro atoms. The molecule has 19 heavy (non-hydrogen) atoms. The molecule has 0 unspecified atom stereocenters. The topological polar surface area (TPSA) is 85.1 Å². The molecular weight excluding hydrogens is 330 g/mol. The first-order valence-corrected chi connectivity index (χ1v) is 7.66. The molecule has 1 aromatic heterocycles. The zero-order valence-corrected chi connectivity index (χ0v) is 12.5. The number of hydrogen-bond donors (Lipinski definition) is 2. The minimum atomic E-state index is -3.70. The minimum Gasteiger partial charge on any atom is -0.397 e. The van der Waals surface area contributed by atoms with Crippen LogP contribution in [0.5, 0.6) is 0 Å². The van der Waals surface area contributed by atoms with E-state index < -0.39 is 10.0 Å². The van der Waals surface area contributed by atoms with Gasteiger partial charge in [0.2, 0.25) is 0 Å². The van der Waals surface area contributed by atoms with Crippen LogP contribution in [0.3, 0.4) is 0 Å². The van der Waals surface area contributed by atoms with E-state index in [4.69, 9.17) is 5.73 Å². The first-order valence-electron chi connectivity index (χ1n) is 5.38. The summed E-state index contributed by atoms with van der Waals surface area (Å²) in [6.45, 7) is 1.79. The molecule has 0 aliphatic heterocycles. The number of nitrogen functional groups attached to an aromatic ring is 1. The molecule has 2 rings (SSSR count). The number of anilines is 2. The normalized spacial score (nSPS) is 11.3. The van der Waals surface area contributed by atoms with Gasteiger partial charge in [0.1, 0.15) is 4.90 Å². The lowest BCUT2D eigenvalue weighted by molar-refractivity contribution is 0.600. The highest BCUT2D eigenvalue weighted by Crippen LogP contribution is 2.26. The van der Waals surface area contributed by atoms with Crippen molar-refractivity contribution in [3.63, 3.8) is 0 Å². The lowest BCUT2D eigenvalue weighted by atomic mass is 10.2. The molecule has 7 heteroatoms. The van der Waals surface area contributed by atoms with Crippen molar-refractivity contribution in [2.45, 2.75) is 11.8 Å². The van der Waals surface area contributed by atoms with Gasteiger partial charge in [0, 0.05) is 16.9 Å². The maximum Gasteiger partial charge on any atom is 0.263 e. The Bertz CT molecular complexity index is 696. The minimum absolute atomic E-state index is 0.0736. The van der Waals surface area contributed by atoms with Gasteiger partial charge in [-0.1, -0.05) is 12.1 Å². The smallest absolute Gasteiger partial charge is 0.263 e. The number of aryl methyl sites for hydroxylation is 1. The highest BCUT2D eigenvalue weighted by Gasteiger charge is 2.17. The van der Waals surface area contributed by atoms with E-state index in [0.717, 1.165) is 5.56 Å². The van der Waals surface area contributed by atoms with E-state index in [1.807, 2.05) is 0 Å². The van der Waals surface area contributed by atoms with Gasteiger partial charge >= 0.3 is 0 Å². The third-order valence-electron chi connectivity index (χ3n) is 2.53. The number of pyridine rings is 1. The largest absolute Gasteiger partial charge is 0.397 e. The number of para-hydroxylation sites is 1. The number of sulfonamides is 1. The third-order valence-corrected chi connectivity index (χ3v) is 4.28. The second-order valence-electron chi connectivity index (χ2n) is 3.98. The standard InChI is InChI=1S/C12H12BrN3O2S/c1-8-3-2-4-11(14)12(8)16-19(17,18)10-5-9(13)6-15-7-10/h2-7,16H,14H2,1H3. The van der Waals surface area contributed by atoms with Gasteiger partial charge in [0.15, 0.2) is 0 Å². The van der Waals surface area contributed by atoms with Crippen molar-refractivity contribution < 1.29 is 8.42 Å². The monoisotopic (exact) mass is 341 g/mol. The van der Waals surface area contributed by atoms with Gasteiger partial charge < -0.3 is 5.73 Å². The first kappa shape index (κ1) is 13.8. The SMILES string of the molecule is Cc1cccc(N)c1NS(=O)(=O)c1cncc(Br)c1. The molecule has 0 fully saturated rings. The van der Waals surface area contributed by atoms with Crippen molar-refractivity contribution in [1.29, 1.82) is 0 Å². The Balaban J connectivity index is 2.42. The number of nitrogens with zero attached hydrogens (tertiary/aromatic N) is 1. The van der Waals surface area contributed by atoms with Crippen LogP contribution in [-0.4, -0.2) is 13.4 Å². The number of benzene rings is 1. The molecule has 100 valence electrons. The molecule has 0 atom stereocenters. The summed E-state index contributed by atoms with van der Waals surface area (Å²) < 4.78 is 27.5. The van der Waals surface area contributed by atoms with Crippen LogP contribution in [-0.2, 0) is 10.0 Å². The van der Waals surface area contributed by atoms with Gasteiger partial charge in [0.05, 0.1) is 11.4 Å². The van der Waals surface area contributed by atoms with Crippen LogP contribution in [0.2, 0.25) is 0 Å². The van der Waals surface area contributed by atoms with Crippen molar-refractivity contribution in [2.75, 3.05) is 10.5 Å². The Morgan fingerprint density at radius 2 is 2.05 bits per heavy atom. The predicted molar refractivity (Wildman–Crippen MR) is 78.3 cm³/mol. The summed E-state index contributed by atoms with van der Waals surface area (Å²) in [5.74, 6) is 0. The molecule has 5 nitrogen and oxygen atoms in total. The van der Waals surface area contributed by atoms with Crippen LogP contribution in [0.1, 0.15) is 5.56 Å². The molecule has 1 aromatic carbocycles. The second-order valence-corrected chi connectivity index (χ2v) is 6.58. The number of aromatic nitrogens is 1. The van der Waals surface area contributed by atoms with Crippen molar-refractivity contribution in [3.05, 3.63) is 46.7 Å². The molecule has 0 radical (unpaired) electrons. The molecule has 2 aromatic rings. The fraction of sp³-hybridized carbons (Fsp3) is 0.0833. The highest BCUT2D eigenvalue weighted by molar-refractivity contribution is 9.10. The van der Waals surface area contributed by atoms with Crippen LogP contribution >= 0.6 is 15.9 Å². The summed E-state index contributed by atoms with van der Waals surface area (Å²) in [6, 6.07) is 6.67. The molecule has 0 aliphatic rings. The van der Waals surface area contributed by atoms with Crippen LogP contribution in [0.15, 0.2) is 46.0 Å². The van der Waals surface area contributed by atoms with E-state index in [1.54, 1.807) is 25.1 Å². The summed E-state index contributed by atoms with van der Waals surface area (Å²) >= 11 is 3.19. The van der Waals surface area contributed by atoms with E-state index in [0.29, 0.717) is 15.8 Å². The third kappa shape index (κ3) is 3.05. The zero-order valence-electron chi connectivity index (χ0n) is 10.1. The Hall–Kier alpha value is -1.60. The number of rotatable bonds is 3. The lowest BCUT2D eigenvalue weighted by Crippen LogP contribution is -2.15. The Morgan fingerprint density at radius 3 is 2.68 bits per heavy atom. The Kier molecular flexibility index (Phi) is 3.77. The average Bonchev–Trinajstić information content (AvgIpc) is 2.34. The molecule has 1 heterocycles. The predicted octanol–water partition coefficient (Wildman–Crippen LogP) is 2.54. The number of hydrogen-bond acceptors (Lipinski definition) is 4. The second kappa shape index (κ2) is 5.18. The van der Waals surface area contributed by atoms with Crippen LogP contribution in [0, 0.1) is 6.92 Å². The molecule has 0 bridgehead atoms. The van der Waals surface area contributed by atoms with Crippen LogP contribution in [0.25, 0.3) is 0 Å². The van der Waals surface area contributed by atoms with Gasteiger partial charge in [0.25, 0.3) is 10.0 Å². The molecule has 3 N–H and O–H groups in total. The Morgan fingerprint density at radius 1 is 1.32 bits per heavy atom. The zero-order chi connectivity index (χ0) is 14.0. The fourth-order valence-electron chi connectivity index (χ4n) is 1.56. The van der Waals surface area contributed by atoms with Crippen LogP contribution in [0.4, 0.5) is 11.4 Å². The summed E-state index contributed by atoms with van der Waals surface area (Å²) in [4.78, 5) is 3.91. The van der Waals surface area contributed by atoms with Crippen molar-refractivity contribution >= 4 is 37.3 Å². The summed E-state index contributed by atoms with van der Waals surface area (Å²) in [5, 5.41) is 0. The van der Waals surface area contributed by atoms with Crippen LogP contribution < -0.4 is 10.5 Å².